The van der Waals surface area contributed by atoms with Crippen molar-refractivity contribution in [2.45, 2.75) is 0 Å². The molecule has 0 amide bonds. The van der Waals surface area contributed by atoms with Gasteiger partial charge in [0.2, 0.25) is 0 Å². The first-order valence-electron chi connectivity index (χ1n) is 1.14. The normalized spacial score (nSPS) is 10.0. The van der Waals surface area contributed by atoms with Crippen molar-refractivity contribution in [3.63, 3.8) is 0 Å². The molecule has 0 fully saturated rings. The van der Waals surface area contributed by atoms with Gasteiger partial charge in [-0.2, -0.15) is 18.6 Å². The summed E-state index contributed by atoms with van der Waals surface area (Å²) in [4.78, 5) is 0. The molecule has 0 aromatic rings. The topological polar surface area (TPSA) is 69.4 Å². The Bertz CT molecular complexity index is 117. The van der Waals surface area contributed by atoms with Crippen molar-refractivity contribution in [1.82, 2.24) is 0 Å². The molecule has 0 spiro atoms. The van der Waals surface area contributed by atoms with E-state index < -0.39 is 10.1 Å². The van der Waals surface area contributed by atoms with Gasteiger partial charge in [-0.3, -0.25) is 0 Å². The molecule has 0 atom stereocenters. The molecular formula is CH6NNaO3S. The summed E-state index contributed by atoms with van der Waals surface area (Å²) in [6, 6.07) is 0. The van der Waals surface area contributed by atoms with Crippen molar-refractivity contribution in [2.75, 3.05) is 6.26 Å². The molecule has 0 aliphatic rings. The summed E-state index contributed by atoms with van der Waals surface area (Å²) < 4.78 is 22.7. The minimum atomic E-state index is -3.38. The third-order valence-electron chi connectivity index (χ3n) is 0.175. The van der Waals surface area contributed by atoms with Gasteiger partial charge in [0.15, 0.2) is 0 Å². The van der Waals surface area contributed by atoms with E-state index in [9.17, 15) is 8.42 Å². The monoisotopic (exact) mass is 135 g/mol. The van der Waals surface area contributed by atoms with Crippen LogP contribution in [0.25, 0.3) is 0 Å². The van der Waals surface area contributed by atoms with Crippen LogP contribution in [-0.4, -0.2) is 44.2 Å². The van der Waals surface area contributed by atoms with Crippen LogP contribution in [0.5, 0.6) is 0 Å². The second-order valence-corrected chi connectivity index (χ2v) is 2.40. The van der Waals surface area contributed by atoms with Crippen molar-refractivity contribution in [3.8, 4) is 0 Å². The van der Waals surface area contributed by atoms with Crippen LogP contribution in [-0.2, 0) is 14.4 Å². The number of hydrogen-bond acceptors (Lipinski definition) is 4. The van der Waals surface area contributed by atoms with Gasteiger partial charge in [-0.15, -0.1) is 0 Å². The van der Waals surface area contributed by atoms with Crippen LogP contribution >= 0.6 is 0 Å². The zero-order chi connectivity index (χ0) is 5.21. The molecule has 0 rings (SSSR count). The van der Waals surface area contributed by atoms with E-state index in [4.69, 9.17) is 0 Å². The molecule has 0 aliphatic heterocycles. The minimum absolute atomic E-state index is 0. The van der Waals surface area contributed by atoms with Gasteiger partial charge in [0.05, 0.1) is 6.26 Å². The molecule has 2 N–H and O–H groups in total. The van der Waals surface area contributed by atoms with Gasteiger partial charge in [0.25, 0.3) is 10.1 Å². The Labute approximate surface area is 64.4 Å². The first-order valence-corrected chi connectivity index (χ1v) is 2.96. The maximum atomic E-state index is 9.65. The third-order valence-corrected chi connectivity index (χ3v) is 0.524. The van der Waals surface area contributed by atoms with Crippen LogP contribution in [0, 0.1) is 0 Å². The Morgan fingerprint density at radius 3 is 1.71 bits per heavy atom. The second-order valence-electron chi connectivity index (χ2n) is 0.800. The Morgan fingerprint density at radius 2 is 1.71 bits per heavy atom. The summed E-state index contributed by atoms with van der Waals surface area (Å²) in [7, 11) is -3.38. The Balaban J connectivity index is 0. The summed E-state index contributed by atoms with van der Waals surface area (Å²) >= 11 is 0. The first-order chi connectivity index (χ1) is 2.56. The standard InChI is InChI=1S/CH5NO3S.Na.H/c1-6(3,4)5-2;;/h2H2,1H3;;. The Morgan fingerprint density at radius 1 is 1.57 bits per heavy atom. The van der Waals surface area contributed by atoms with Crippen LogP contribution in [0.3, 0.4) is 0 Å². The predicted molar refractivity (Wildman–Crippen MR) is 27.3 cm³/mol. The van der Waals surface area contributed by atoms with Gasteiger partial charge >= 0.3 is 29.6 Å². The zero-order valence-electron chi connectivity index (χ0n) is 3.21. The van der Waals surface area contributed by atoms with Crippen LogP contribution in [0.15, 0.2) is 0 Å². The van der Waals surface area contributed by atoms with Crippen molar-refractivity contribution in [1.29, 1.82) is 0 Å². The number of hydrogen-bond donors (Lipinski definition) is 1. The molecular weight excluding hydrogens is 129 g/mol. The van der Waals surface area contributed by atoms with Crippen LogP contribution in [0.1, 0.15) is 0 Å². The molecule has 0 bridgehead atoms. The summed E-state index contributed by atoms with van der Waals surface area (Å²) in [6.07, 6.45) is 0.868. The summed E-state index contributed by atoms with van der Waals surface area (Å²) in [5, 5.41) is 0. The fourth-order valence-corrected chi connectivity index (χ4v) is 0. The van der Waals surface area contributed by atoms with E-state index in [0.29, 0.717) is 0 Å². The van der Waals surface area contributed by atoms with Gasteiger partial charge < -0.3 is 0 Å². The van der Waals surface area contributed by atoms with Gasteiger partial charge in [-0.05, 0) is 0 Å². The van der Waals surface area contributed by atoms with Gasteiger partial charge in [-0.1, -0.05) is 0 Å². The van der Waals surface area contributed by atoms with Crippen molar-refractivity contribution >= 4 is 39.7 Å². The van der Waals surface area contributed by atoms with Crippen LogP contribution < -0.4 is 5.90 Å². The van der Waals surface area contributed by atoms with E-state index in [1.54, 1.807) is 0 Å². The van der Waals surface area contributed by atoms with Gasteiger partial charge in [0.1, 0.15) is 0 Å². The first kappa shape index (κ1) is 10.8. The van der Waals surface area contributed by atoms with E-state index in [1.807, 2.05) is 0 Å². The second kappa shape index (κ2) is 3.82. The number of rotatable bonds is 1. The molecule has 6 heteroatoms. The predicted octanol–water partition coefficient (Wildman–Crippen LogP) is -1.81. The summed E-state index contributed by atoms with van der Waals surface area (Å²) in [5.41, 5.74) is 0. The molecule has 0 saturated carbocycles. The molecule has 0 aromatic heterocycles. The Hall–Kier alpha value is 0.870. The zero-order valence-corrected chi connectivity index (χ0v) is 4.03. The summed E-state index contributed by atoms with van der Waals surface area (Å²) in [6.45, 7) is 0. The molecule has 0 aromatic carbocycles. The average molecular weight is 135 g/mol. The molecule has 7 heavy (non-hydrogen) atoms. The van der Waals surface area contributed by atoms with E-state index >= 15 is 0 Å². The van der Waals surface area contributed by atoms with Crippen LogP contribution in [0.4, 0.5) is 0 Å². The van der Waals surface area contributed by atoms with Crippen molar-refractivity contribution in [2.24, 2.45) is 5.90 Å². The van der Waals surface area contributed by atoms with Crippen molar-refractivity contribution < 1.29 is 12.7 Å². The molecule has 0 radical (unpaired) electrons. The molecule has 40 valence electrons. The van der Waals surface area contributed by atoms with Gasteiger partial charge in [0, 0.05) is 0 Å². The molecule has 0 heterocycles. The average Bonchev–Trinajstić information content (AvgIpc) is 1.35. The summed E-state index contributed by atoms with van der Waals surface area (Å²) in [5.74, 6) is 4.22. The molecule has 0 aliphatic carbocycles. The molecule has 0 saturated heterocycles. The maximum absolute atomic E-state index is 9.65. The molecule has 4 nitrogen and oxygen atoms in total. The van der Waals surface area contributed by atoms with E-state index in [2.05, 4.69) is 10.2 Å². The molecule has 0 unspecified atom stereocenters. The third kappa shape index (κ3) is 10.9. The van der Waals surface area contributed by atoms with Crippen LogP contribution in [0.2, 0.25) is 0 Å². The fraction of sp³-hybridized carbons (Fsp3) is 1.00. The van der Waals surface area contributed by atoms with E-state index in [0.717, 1.165) is 6.26 Å². The Kier molecular flexibility index (Phi) is 5.89. The SMILES string of the molecule is CS(=O)(=O)ON.[NaH]. The van der Waals surface area contributed by atoms with E-state index in [-0.39, 0.29) is 29.6 Å². The van der Waals surface area contributed by atoms with E-state index in [1.165, 1.54) is 0 Å². The fourth-order valence-electron chi connectivity index (χ4n) is 0. The number of nitrogens with two attached hydrogens (primary N) is 1. The van der Waals surface area contributed by atoms with Crippen molar-refractivity contribution in [3.05, 3.63) is 0 Å². The quantitative estimate of drug-likeness (QED) is 0.340. The van der Waals surface area contributed by atoms with Gasteiger partial charge in [-0.25, -0.2) is 0 Å².